The molecule has 0 fully saturated rings. The molecule has 0 heterocycles. The number of hydrogen-bond acceptors (Lipinski definition) is 5. The van der Waals surface area contributed by atoms with Crippen LogP contribution in [0.1, 0.15) is 31.0 Å². The van der Waals surface area contributed by atoms with Gasteiger partial charge in [-0.1, -0.05) is 12.1 Å². The van der Waals surface area contributed by atoms with E-state index < -0.39 is 0 Å². The summed E-state index contributed by atoms with van der Waals surface area (Å²) in [5.74, 6) is 2.37. The molecule has 1 N–H and O–H groups in total. The van der Waals surface area contributed by atoms with Crippen LogP contribution in [0.4, 0.5) is 0 Å². The third-order valence-electron chi connectivity index (χ3n) is 4.40. The molecule has 0 aliphatic rings. The van der Waals surface area contributed by atoms with Crippen LogP contribution in [0, 0.1) is 0 Å². The van der Waals surface area contributed by atoms with Gasteiger partial charge in [-0.05, 0) is 55.3 Å². The normalized spacial score (nSPS) is 12.1. The lowest BCUT2D eigenvalue weighted by Crippen LogP contribution is -2.27. The Morgan fingerprint density at radius 1 is 0.857 bits per heavy atom. The van der Waals surface area contributed by atoms with Crippen molar-refractivity contribution in [2.75, 3.05) is 28.4 Å². The van der Waals surface area contributed by atoms with Gasteiger partial charge in [0.1, 0.15) is 0 Å². The van der Waals surface area contributed by atoms with Gasteiger partial charge in [-0.25, -0.2) is 0 Å². The van der Waals surface area contributed by atoms with Gasteiger partial charge in [-0.2, -0.15) is 0 Å². The summed E-state index contributed by atoms with van der Waals surface area (Å²) in [6, 6.07) is 10.9. The fourth-order valence-corrected chi connectivity index (χ4v) is 2.77. The molecule has 0 aliphatic heterocycles. The van der Waals surface area contributed by atoms with E-state index in [1.54, 1.807) is 41.4 Å². The van der Waals surface area contributed by atoms with Crippen LogP contribution in [0.15, 0.2) is 42.0 Å². The van der Waals surface area contributed by atoms with E-state index in [4.69, 9.17) is 18.9 Å². The van der Waals surface area contributed by atoms with Crippen molar-refractivity contribution in [3.05, 3.63) is 53.1 Å². The standard InChI is InChI=1S/C22H27NO5/c1-14(11-16-7-9-18(25-3)20(12-16)27-5)22(24)23-15(2)17-8-10-19(26-4)21(13-17)28-6/h7-13,15H,1-6H3,(H,23,24)/b14-11+. The lowest BCUT2D eigenvalue weighted by Gasteiger charge is -2.17. The summed E-state index contributed by atoms with van der Waals surface area (Å²) in [5, 5.41) is 3.00. The first kappa shape index (κ1) is 21.2. The van der Waals surface area contributed by atoms with Crippen molar-refractivity contribution < 1.29 is 23.7 Å². The molecule has 0 spiro atoms. The summed E-state index contributed by atoms with van der Waals surface area (Å²) in [7, 11) is 6.34. The summed E-state index contributed by atoms with van der Waals surface area (Å²) in [6.07, 6.45) is 1.80. The molecule has 0 aromatic heterocycles. The molecule has 0 saturated carbocycles. The van der Waals surface area contributed by atoms with Crippen LogP contribution in [0.3, 0.4) is 0 Å². The zero-order valence-electron chi connectivity index (χ0n) is 17.2. The molecule has 1 atom stereocenters. The highest BCUT2D eigenvalue weighted by Gasteiger charge is 2.14. The third-order valence-corrected chi connectivity index (χ3v) is 4.40. The Bertz CT molecular complexity index is 860. The molecule has 6 heteroatoms. The molecule has 0 aliphatic carbocycles. The fourth-order valence-electron chi connectivity index (χ4n) is 2.77. The highest BCUT2D eigenvalue weighted by molar-refractivity contribution is 5.97. The van der Waals surface area contributed by atoms with E-state index in [1.807, 2.05) is 43.3 Å². The quantitative estimate of drug-likeness (QED) is 0.696. The van der Waals surface area contributed by atoms with Crippen LogP contribution in [-0.4, -0.2) is 34.3 Å². The Kier molecular flexibility index (Phi) is 7.32. The van der Waals surface area contributed by atoms with Crippen LogP contribution in [0.5, 0.6) is 23.0 Å². The molecular formula is C22H27NO5. The Hall–Kier alpha value is -3.15. The van der Waals surface area contributed by atoms with Gasteiger partial charge < -0.3 is 24.3 Å². The van der Waals surface area contributed by atoms with Crippen molar-refractivity contribution in [1.29, 1.82) is 0 Å². The Balaban J connectivity index is 2.14. The van der Waals surface area contributed by atoms with Crippen molar-refractivity contribution in [1.82, 2.24) is 5.32 Å². The maximum Gasteiger partial charge on any atom is 0.247 e. The zero-order chi connectivity index (χ0) is 20.7. The maximum absolute atomic E-state index is 12.6. The minimum absolute atomic E-state index is 0.155. The first-order valence-corrected chi connectivity index (χ1v) is 8.86. The lowest BCUT2D eigenvalue weighted by molar-refractivity contribution is -0.118. The summed E-state index contributed by atoms with van der Waals surface area (Å²) in [6.45, 7) is 3.69. The lowest BCUT2D eigenvalue weighted by atomic mass is 10.1. The van der Waals surface area contributed by atoms with Crippen molar-refractivity contribution in [3.8, 4) is 23.0 Å². The number of benzene rings is 2. The molecule has 0 radical (unpaired) electrons. The van der Waals surface area contributed by atoms with E-state index in [2.05, 4.69) is 5.32 Å². The maximum atomic E-state index is 12.6. The molecule has 1 unspecified atom stereocenters. The van der Waals surface area contributed by atoms with Crippen molar-refractivity contribution in [2.24, 2.45) is 0 Å². The third kappa shape index (κ3) is 4.97. The molecule has 2 rings (SSSR count). The molecule has 150 valence electrons. The topological polar surface area (TPSA) is 66.0 Å². The van der Waals surface area contributed by atoms with Gasteiger partial charge >= 0.3 is 0 Å². The molecule has 0 saturated heterocycles. The highest BCUT2D eigenvalue weighted by atomic mass is 16.5. The van der Waals surface area contributed by atoms with E-state index >= 15 is 0 Å². The van der Waals surface area contributed by atoms with Gasteiger partial charge in [-0.3, -0.25) is 4.79 Å². The van der Waals surface area contributed by atoms with Gasteiger partial charge in [0.15, 0.2) is 23.0 Å². The Morgan fingerprint density at radius 2 is 1.39 bits per heavy atom. The number of carbonyl (C=O) groups excluding carboxylic acids is 1. The highest BCUT2D eigenvalue weighted by Crippen LogP contribution is 2.30. The summed E-state index contributed by atoms with van der Waals surface area (Å²) in [5.41, 5.74) is 2.36. The van der Waals surface area contributed by atoms with E-state index in [9.17, 15) is 4.79 Å². The minimum atomic E-state index is -0.193. The number of carbonyl (C=O) groups is 1. The van der Waals surface area contributed by atoms with Crippen LogP contribution in [0.25, 0.3) is 6.08 Å². The van der Waals surface area contributed by atoms with Crippen LogP contribution >= 0.6 is 0 Å². The molecule has 2 aromatic rings. The van der Waals surface area contributed by atoms with E-state index in [0.29, 0.717) is 28.6 Å². The predicted octanol–water partition coefficient (Wildman–Crippen LogP) is 4.00. The summed E-state index contributed by atoms with van der Waals surface area (Å²) >= 11 is 0. The molecule has 6 nitrogen and oxygen atoms in total. The first-order chi connectivity index (χ1) is 13.4. The van der Waals surface area contributed by atoms with Gasteiger partial charge in [-0.15, -0.1) is 0 Å². The average molecular weight is 385 g/mol. The van der Waals surface area contributed by atoms with Gasteiger partial charge in [0.2, 0.25) is 5.91 Å². The van der Waals surface area contributed by atoms with Crippen LogP contribution in [0.2, 0.25) is 0 Å². The molecule has 1 amide bonds. The number of hydrogen-bond donors (Lipinski definition) is 1. The van der Waals surface area contributed by atoms with E-state index in [-0.39, 0.29) is 11.9 Å². The molecule has 28 heavy (non-hydrogen) atoms. The second kappa shape index (κ2) is 9.69. The van der Waals surface area contributed by atoms with E-state index in [0.717, 1.165) is 11.1 Å². The first-order valence-electron chi connectivity index (χ1n) is 8.86. The Labute approximate surface area is 166 Å². The second-order valence-corrected chi connectivity index (χ2v) is 6.25. The molecular weight excluding hydrogens is 358 g/mol. The van der Waals surface area contributed by atoms with Gasteiger partial charge in [0.25, 0.3) is 0 Å². The largest absolute Gasteiger partial charge is 0.493 e. The van der Waals surface area contributed by atoms with Crippen molar-refractivity contribution in [3.63, 3.8) is 0 Å². The fraction of sp³-hybridized carbons (Fsp3) is 0.318. The predicted molar refractivity (Wildman–Crippen MR) is 109 cm³/mol. The SMILES string of the molecule is COc1ccc(/C=C(\C)C(=O)NC(C)c2ccc(OC)c(OC)c2)cc1OC. The smallest absolute Gasteiger partial charge is 0.247 e. The van der Waals surface area contributed by atoms with Crippen LogP contribution in [-0.2, 0) is 4.79 Å². The summed E-state index contributed by atoms with van der Waals surface area (Å²) in [4.78, 5) is 12.6. The molecule has 2 aromatic carbocycles. The summed E-state index contributed by atoms with van der Waals surface area (Å²) < 4.78 is 21.1. The van der Waals surface area contributed by atoms with Gasteiger partial charge in [0.05, 0.1) is 34.5 Å². The zero-order valence-corrected chi connectivity index (χ0v) is 17.2. The van der Waals surface area contributed by atoms with Crippen LogP contribution < -0.4 is 24.3 Å². The van der Waals surface area contributed by atoms with Gasteiger partial charge in [0, 0.05) is 5.57 Å². The number of ether oxygens (including phenoxy) is 4. The number of nitrogens with one attached hydrogen (secondary N) is 1. The van der Waals surface area contributed by atoms with E-state index in [1.165, 1.54) is 0 Å². The number of methoxy groups -OCH3 is 4. The number of rotatable bonds is 8. The minimum Gasteiger partial charge on any atom is -0.493 e. The van der Waals surface area contributed by atoms with Crippen molar-refractivity contribution >= 4 is 12.0 Å². The monoisotopic (exact) mass is 385 g/mol. The number of amides is 1. The second-order valence-electron chi connectivity index (χ2n) is 6.25. The van der Waals surface area contributed by atoms with Crippen molar-refractivity contribution in [2.45, 2.75) is 19.9 Å². The molecule has 0 bridgehead atoms. The average Bonchev–Trinajstić information content (AvgIpc) is 2.72. The Morgan fingerprint density at radius 3 is 1.96 bits per heavy atom.